The van der Waals surface area contributed by atoms with Crippen molar-refractivity contribution < 1.29 is 4.74 Å². The van der Waals surface area contributed by atoms with Gasteiger partial charge < -0.3 is 9.72 Å². The number of aromatic amines is 1. The molecule has 4 nitrogen and oxygen atoms in total. The third kappa shape index (κ3) is 3.43. The molecule has 0 aliphatic rings. The Kier molecular flexibility index (Phi) is 4.25. The van der Waals surface area contributed by atoms with Gasteiger partial charge in [-0.3, -0.25) is 4.98 Å². The Bertz CT molecular complexity index is 935. The summed E-state index contributed by atoms with van der Waals surface area (Å²) in [5, 5.41) is 0. The smallest absolute Gasteiger partial charge is 0.139 e. The first-order chi connectivity index (χ1) is 12.4. The minimum atomic E-state index is 0.418. The number of ether oxygens (including phenoxy) is 1. The summed E-state index contributed by atoms with van der Waals surface area (Å²) < 4.78 is 5.92. The standard InChI is InChI=1S/C21H17N3O/c1-3-8-16(9-4-1)20-19(15-25-18-11-5-2-6-12-18)23-21(24-20)17-10-7-13-22-14-17/h1-14H,15H2,(H,23,24). The van der Waals surface area contributed by atoms with Crippen molar-refractivity contribution in [2.24, 2.45) is 0 Å². The molecule has 25 heavy (non-hydrogen) atoms. The number of pyridine rings is 1. The average Bonchev–Trinajstić information content (AvgIpc) is 3.13. The number of H-pyrrole nitrogens is 1. The summed E-state index contributed by atoms with van der Waals surface area (Å²) in [5.74, 6) is 1.62. The van der Waals surface area contributed by atoms with Crippen LogP contribution < -0.4 is 4.74 Å². The molecular formula is C21H17N3O. The summed E-state index contributed by atoms with van der Waals surface area (Å²) in [5.41, 5.74) is 3.84. The number of aromatic nitrogens is 3. The average molecular weight is 327 g/mol. The summed E-state index contributed by atoms with van der Waals surface area (Å²) in [7, 11) is 0. The van der Waals surface area contributed by atoms with E-state index in [1.807, 2.05) is 60.7 Å². The van der Waals surface area contributed by atoms with Crippen molar-refractivity contribution >= 4 is 0 Å². The highest BCUT2D eigenvalue weighted by atomic mass is 16.5. The molecule has 0 bridgehead atoms. The van der Waals surface area contributed by atoms with Crippen molar-refractivity contribution in [3.05, 3.63) is 90.9 Å². The predicted molar refractivity (Wildman–Crippen MR) is 98.0 cm³/mol. The lowest BCUT2D eigenvalue weighted by Crippen LogP contribution is -1.97. The molecule has 0 radical (unpaired) electrons. The maximum absolute atomic E-state index is 5.92. The number of nitrogens with zero attached hydrogens (tertiary/aromatic N) is 2. The van der Waals surface area contributed by atoms with E-state index in [0.717, 1.165) is 34.1 Å². The second kappa shape index (κ2) is 7.01. The molecule has 4 rings (SSSR count). The van der Waals surface area contributed by atoms with Gasteiger partial charge in [-0.2, -0.15) is 0 Å². The van der Waals surface area contributed by atoms with Gasteiger partial charge in [0.15, 0.2) is 0 Å². The van der Waals surface area contributed by atoms with Crippen molar-refractivity contribution in [1.82, 2.24) is 15.0 Å². The molecule has 122 valence electrons. The van der Waals surface area contributed by atoms with Gasteiger partial charge in [0.05, 0.1) is 11.4 Å². The zero-order chi connectivity index (χ0) is 16.9. The third-order valence-corrected chi connectivity index (χ3v) is 3.89. The van der Waals surface area contributed by atoms with E-state index in [1.165, 1.54) is 0 Å². The number of nitrogens with one attached hydrogen (secondary N) is 1. The highest BCUT2D eigenvalue weighted by Crippen LogP contribution is 2.26. The molecule has 0 fully saturated rings. The van der Waals surface area contributed by atoms with Crippen LogP contribution in [0.5, 0.6) is 5.75 Å². The molecule has 0 atom stereocenters. The Morgan fingerprint density at radius 3 is 2.24 bits per heavy atom. The molecule has 0 spiro atoms. The molecule has 1 N–H and O–H groups in total. The van der Waals surface area contributed by atoms with Crippen molar-refractivity contribution in [3.8, 4) is 28.4 Å². The summed E-state index contributed by atoms with van der Waals surface area (Å²) in [6.07, 6.45) is 3.55. The molecule has 0 aliphatic carbocycles. The van der Waals surface area contributed by atoms with Crippen LogP contribution in [-0.2, 0) is 6.61 Å². The van der Waals surface area contributed by atoms with E-state index in [2.05, 4.69) is 22.1 Å². The van der Waals surface area contributed by atoms with E-state index in [9.17, 15) is 0 Å². The van der Waals surface area contributed by atoms with Crippen LogP contribution in [0, 0.1) is 0 Å². The first-order valence-electron chi connectivity index (χ1n) is 8.13. The summed E-state index contributed by atoms with van der Waals surface area (Å²) in [6.45, 7) is 0.418. The van der Waals surface area contributed by atoms with Crippen molar-refractivity contribution in [2.75, 3.05) is 0 Å². The lowest BCUT2D eigenvalue weighted by molar-refractivity contribution is 0.302. The first-order valence-corrected chi connectivity index (χ1v) is 8.13. The van der Waals surface area contributed by atoms with Gasteiger partial charge in [-0.25, -0.2) is 4.98 Å². The minimum absolute atomic E-state index is 0.418. The minimum Gasteiger partial charge on any atom is -0.487 e. The summed E-state index contributed by atoms with van der Waals surface area (Å²) in [4.78, 5) is 12.4. The maximum atomic E-state index is 5.92. The SMILES string of the molecule is c1ccc(OCc2[nH]c(-c3cccnc3)nc2-c2ccccc2)cc1. The summed E-state index contributed by atoms with van der Waals surface area (Å²) in [6, 6.07) is 23.8. The maximum Gasteiger partial charge on any atom is 0.139 e. The van der Waals surface area contributed by atoms with Crippen LogP contribution in [0.3, 0.4) is 0 Å². The Morgan fingerprint density at radius 1 is 0.800 bits per heavy atom. The normalized spacial score (nSPS) is 10.6. The Morgan fingerprint density at radius 2 is 1.52 bits per heavy atom. The van der Waals surface area contributed by atoms with Gasteiger partial charge in [-0.05, 0) is 24.3 Å². The molecule has 0 saturated carbocycles. The quantitative estimate of drug-likeness (QED) is 0.577. The van der Waals surface area contributed by atoms with Crippen LogP contribution in [0.2, 0.25) is 0 Å². The van der Waals surface area contributed by atoms with Crippen LogP contribution in [0.1, 0.15) is 5.69 Å². The number of para-hydroxylation sites is 1. The van der Waals surface area contributed by atoms with E-state index >= 15 is 0 Å². The number of hydrogen-bond donors (Lipinski definition) is 1. The Labute approximate surface area is 146 Å². The fraction of sp³-hybridized carbons (Fsp3) is 0.0476. The number of rotatable bonds is 5. The third-order valence-electron chi connectivity index (χ3n) is 3.89. The van der Waals surface area contributed by atoms with Crippen molar-refractivity contribution in [3.63, 3.8) is 0 Å². The zero-order valence-corrected chi connectivity index (χ0v) is 13.6. The number of hydrogen-bond acceptors (Lipinski definition) is 3. The molecule has 2 aromatic heterocycles. The van der Waals surface area contributed by atoms with E-state index in [1.54, 1.807) is 12.4 Å². The fourth-order valence-electron chi connectivity index (χ4n) is 2.66. The zero-order valence-electron chi connectivity index (χ0n) is 13.6. The monoisotopic (exact) mass is 327 g/mol. The van der Waals surface area contributed by atoms with Crippen LogP contribution in [0.25, 0.3) is 22.6 Å². The number of benzene rings is 2. The largest absolute Gasteiger partial charge is 0.487 e. The molecule has 0 amide bonds. The highest BCUT2D eigenvalue weighted by Gasteiger charge is 2.14. The lowest BCUT2D eigenvalue weighted by atomic mass is 10.1. The second-order valence-electron chi connectivity index (χ2n) is 5.62. The van der Waals surface area contributed by atoms with Crippen LogP contribution >= 0.6 is 0 Å². The molecule has 4 heteroatoms. The first kappa shape index (κ1) is 15.1. The Balaban J connectivity index is 1.69. The molecule has 2 aromatic carbocycles. The van der Waals surface area contributed by atoms with E-state index in [4.69, 9.17) is 9.72 Å². The summed E-state index contributed by atoms with van der Waals surface area (Å²) >= 11 is 0. The lowest BCUT2D eigenvalue weighted by Gasteiger charge is -2.06. The molecule has 0 saturated heterocycles. The van der Waals surface area contributed by atoms with Gasteiger partial charge in [0.25, 0.3) is 0 Å². The van der Waals surface area contributed by atoms with Gasteiger partial charge in [0.2, 0.25) is 0 Å². The molecular weight excluding hydrogens is 310 g/mol. The van der Waals surface area contributed by atoms with Gasteiger partial charge >= 0.3 is 0 Å². The van der Waals surface area contributed by atoms with Gasteiger partial charge in [0.1, 0.15) is 18.2 Å². The molecule has 0 aliphatic heterocycles. The molecule has 4 aromatic rings. The van der Waals surface area contributed by atoms with Crippen LogP contribution in [0.4, 0.5) is 0 Å². The van der Waals surface area contributed by atoms with Gasteiger partial charge in [0, 0.05) is 23.5 Å². The fourth-order valence-corrected chi connectivity index (χ4v) is 2.66. The number of imidazole rings is 1. The highest BCUT2D eigenvalue weighted by molar-refractivity contribution is 5.67. The second-order valence-corrected chi connectivity index (χ2v) is 5.62. The van der Waals surface area contributed by atoms with E-state index in [0.29, 0.717) is 6.61 Å². The van der Waals surface area contributed by atoms with E-state index in [-0.39, 0.29) is 0 Å². The van der Waals surface area contributed by atoms with Crippen molar-refractivity contribution in [1.29, 1.82) is 0 Å². The predicted octanol–water partition coefficient (Wildman–Crippen LogP) is 4.72. The topological polar surface area (TPSA) is 50.8 Å². The van der Waals surface area contributed by atoms with E-state index < -0.39 is 0 Å². The Hall–Kier alpha value is -3.40. The van der Waals surface area contributed by atoms with Gasteiger partial charge in [-0.15, -0.1) is 0 Å². The van der Waals surface area contributed by atoms with Crippen LogP contribution in [0.15, 0.2) is 85.2 Å². The van der Waals surface area contributed by atoms with Crippen molar-refractivity contribution in [2.45, 2.75) is 6.61 Å². The van der Waals surface area contributed by atoms with Gasteiger partial charge in [-0.1, -0.05) is 48.5 Å². The van der Waals surface area contributed by atoms with Crippen LogP contribution in [-0.4, -0.2) is 15.0 Å². The molecule has 0 unspecified atom stereocenters. The molecule has 2 heterocycles.